The molecule has 0 aliphatic carbocycles. The number of nitrogens with zero attached hydrogens (tertiary/aromatic N) is 1. The average Bonchev–Trinajstić information content (AvgIpc) is 2.47. The van der Waals surface area contributed by atoms with Gasteiger partial charge in [0.1, 0.15) is 11.3 Å². The molecule has 0 saturated carbocycles. The molecule has 0 bridgehead atoms. The van der Waals surface area contributed by atoms with Crippen molar-refractivity contribution in [3.8, 4) is 5.75 Å². The molecule has 0 unspecified atom stereocenters. The molecule has 106 valence electrons. The summed E-state index contributed by atoms with van der Waals surface area (Å²) in [5, 5.41) is 4.53. The second-order valence-corrected chi connectivity index (χ2v) is 5.57. The summed E-state index contributed by atoms with van der Waals surface area (Å²) in [5.41, 5.74) is 4.28. The van der Waals surface area contributed by atoms with E-state index in [0.717, 1.165) is 52.1 Å². The molecule has 20 heavy (non-hydrogen) atoms. The number of pyridine rings is 1. The number of ether oxygens (including phenoxy) is 2. The van der Waals surface area contributed by atoms with E-state index in [4.69, 9.17) is 14.5 Å². The molecule has 0 radical (unpaired) electrons. The lowest BCUT2D eigenvalue weighted by atomic mass is 10.0. The van der Waals surface area contributed by atoms with Crippen LogP contribution in [0.25, 0.3) is 10.9 Å². The highest BCUT2D eigenvalue weighted by molar-refractivity contribution is 9.10. The summed E-state index contributed by atoms with van der Waals surface area (Å²) < 4.78 is 12.1. The Morgan fingerprint density at radius 2 is 2.30 bits per heavy atom. The van der Waals surface area contributed by atoms with Crippen LogP contribution in [-0.2, 0) is 17.8 Å². The van der Waals surface area contributed by atoms with E-state index in [-0.39, 0.29) is 0 Å². The first kappa shape index (κ1) is 13.6. The monoisotopic (exact) mass is 336 g/mol. The van der Waals surface area contributed by atoms with Crippen LogP contribution in [0.3, 0.4) is 0 Å². The third-order valence-electron chi connectivity index (χ3n) is 3.54. The minimum Gasteiger partial charge on any atom is -0.494 e. The summed E-state index contributed by atoms with van der Waals surface area (Å²) in [6.45, 7) is 4.29. The van der Waals surface area contributed by atoms with Crippen LogP contribution in [0.1, 0.15) is 18.2 Å². The van der Waals surface area contributed by atoms with E-state index in [1.54, 1.807) is 7.11 Å². The summed E-state index contributed by atoms with van der Waals surface area (Å²) in [4.78, 5) is 4.82. The van der Waals surface area contributed by atoms with E-state index in [0.29, 0.717) is 6.61 Å². The summed E-state index contributed by atoms with van der Waals surface area (Å²) in [5.74, 6) is 0.802. The van der Waals surface area contributed by atoms with Crippen LogP contribution < -0.4 is 10.1 Å². The van der Waals surface area contributed by atoms with Crippen LogP contribution in [0.2, 0.25) is 0 Å². The molecule has 2 aromatic rings. The number of anilines is 1. The molecule has 1 aromatic heterocycles. The second kappa shape index (κ2) is 5.58. The van der Waals surface area contributed by atoms with Gasteiger partial charge in [0.05, 0.1) is 31.7 Å². The Hall–Kier alpha value is -1.33. The number of halogens is 1. The molecule has 4 nitrogen and oxygen atoms in total. The third kappa shape index (κ3) is 2.15. The molecule has 0 fully saturated rings. The van der Waals surface area contributed by atoms with Crippen LogP contribution >= 0.6 is 15.9 Å². The summed E-state index contributed by atoms with van der Waals surface area (Å²) in [7, 11) is 1.68. The van der Waals surface area contributed by atoms with Crippen molar-refractivity contribution in [1.82, 2.24) is 4.98 Å². The van der Waals surface area contributed by atoms with Gasteiger partial charge in [0, 0.05) is 28.4 Å². The standard InChI is InChI=1S/C15H17BrN2O2/c1-3-17-14-9-8-20-7-6-11(9)18-15-12(19-2)5-4-10(16)13(14)15/h4-5H,3,6-8H2,1-2H3,(H,17,18). The van der Waals surface area contributed by atoms with E-state index in [1.165, 1.54) is 5.56 Å². The Morgan fingerprint density at radius 1 is 1.45 bits per heavy atom. The van der Waals surface area contributed by atoms with E-state index >= 15 is 0 Å². The lowest BCUT2D eigenvalue weighted by Gasteiger charge is -2.22. The van der Waals surface area contributed by atoms with Crippen LogP contribution in [-0.4, -0.2) is 25.2 Å². The fraction of sp³-hybridized carbons (Fsp3) is 0.400. The van der Waals surface area contributed by atoms with Crippen molar-refractivity contribution in [2.75, 3.05) is 25.6 Å². The Balaban J connectivity index is 2.38. The molecule has 2 heterocycles. The number of aromatic nitrogens is 1. The molecular formula is C15H17BrN2O2. The number of hydrogen-bond acceptors (Lipinski definition) is 4. The number of hydrogen-bond donors (Lipinski definition) is 1. The molecule has 0 spiro atoms. The first-order valence-electron chi connectivity index (χ1n) is 6.75. The van der Waals surface area contributed by atoms with Crippen LogP contribution in [0.5, 0.6) is 5.75 Å². The SMILES string of the molecule is CCNc1c2c(nc3c(OC)ccc(Br)c13)CCOC2. The summed E-state index contributed by atoms with van der Waals surface area (Å²) >= 11 is 3.63. The van der Waals surface area contributed by atoms with Gasteiger partial charge in [0.25, 0.3) is 0 Å². The fourth-order valence-electron chi connectivity index (χ4n) is 2.64. The topological polar surface area (TPSA) is 43.4 Å². The zero-order valence-corrected chi connectivity index (χ0v) is 13.2. The number of rotatable bonds is 3. The van der Waals surface area contributed by atoms with Crippen LogP contribution in [0.4, 0.5) is 5.69 Å². The van der Waals surface area contributed by atoms with Crippen molar-refractivity contribution in [2.45, 2.75) is 20.0 Å². The minimum absolute atomic E-state index is 0.615. The van der Waals surface area contributed by atoms with Gasteiger partial charge in [0.2, 0.25) is 0 Å². The van der Waals surface area contributed by atoms with E-state index in [1.807, 2.05) is 12.1 Å². The van der Waals surface area contributed by atoms with Gasteiger partial charge < -0.3 is 14.8 Å². The minimum atomic E-state index is 0.615. The first-order chi connectivity index (χ1) is 9.76. The fourth-order valence-corrected chi connectivity index (χ4v) is 3.15. The zero-order valence-electron chi connectivity index (χ0n) is 11.6. The number of benzene rings is 1. The van der Waals surface area contributed by atoms with Gasteiger partial charge in [0.15, 0.2) is 0 Å². The van der Waals surface area contributed by atoms with Gasteiger partial charge >= 0.3 is 0 Å². The molecule has 1 N–H and O–H groups in total. The quantitative estimate of drug-likeness (QED) is 0.931. The highest BCUT2D eigenvalue weighted by atomic mass is 79.9. The second-order valence-electron chi connectivity index (χ2n) is 4.72. The zero-order chi connectivity index (χ0) is 14.1. The van der Waals surface area contributed by atoms with Crippen molar-refractivity contribution in [1.29, 1.82) is 0 Å². The maximum atomic E-state index is 5.60. The van der Waals surface area contributed by atoms with E-state index in [2.05, 4.69) is 28.2 Å². The largest absolute Gasteiger partial charge is 0.494 e. The molecule has 0 saturated heterocycles. The predicted molar refractivity (Wildman–Crippen MR) is 83.5 cm³/mol. The van der Waals surface area contributed by atoms with E-state index < -0.39 is 0 Å². The molecule has 1 aromatic carbocycles. The van der Waals surface area contributed by atoms with Crippen LogP contribution in [0, 0.1) is 0 Å². The molecule has 0 amide bonds. The van der Waals surface area contributed by atoms with Crippen molar-refractivity contribution in [3.05, 3.63) is 27.9 Å². The molecule has 3 rings (SSSR count). The lowest BCUT2D eigenvalue weighted by molar-refractivity contribution is 0.110. The number of fused-ring (bicyclic) bond motifs is 2. The molecular weight excluding hydrogens is 320 g/mol. The lowest BCUT2D eigenvalue weighted by Crippen LogP contribution is -2.15. The Bertz CT molecular complexity index is 658. The van der Waals surface area contributed by atoms with Gasteiger partial charge in [-0.15, -0.1) is 0 Å². The average molecular weight is 337 g/mol. The molecule has 0 atom stereocenters. The van der Waals surface area contributed by atoms with Gasteiger partial charge in [-0.1, -0.05) is 15.9 Å². The van der Waals surface area contributed by atoms with Crippen molar-refractivity contribution in [3.63, 3.8) is 0 Å². The van der Waals surface area contributed by atoms with Gasteiger partial charge in [-0.25, -0.2) is 4.98 Å². The first-order valence-corrected chi connectivity index (χ1v) is 7.55. The predicted octanol–water partition coefficient (Wildman–Crippen LogP) is 3.51. The van der Waals surface area contributed by atoms with Gasteiger partial charge in [-0.05, 0) is 19.1 Å². The number of methoxy groups -OCH3 is 1. The van der Waals surface area contributed by atoms with Gasteiger partial charge in [-0.3, -0.25) is 0 Å². The number of nitrogens with one attached hydrogen (secondary N) is 1. The third-order valence-corrected chi connectivity index (χ3v) is 4.20. The Morgan fingerprint density at radius 3 is 3.05 bits per heavy atom. The normalized spacial score (nSPS) is 14.2. The summed E-state index contributed by atoms with van der Waals surface area (Å²) in [6, 6.07) is 3.95. The van der Waals surface area contributed by atoms with Crippen molar-refractivity contribution >= 4 is 32.5 Å². The smallest absolute Gasteiger partial charge is 0.145 e. The Labute approximate surface area is 126 Å². The molecule has 1 aliphatic heterocycles. The highest BCUT2D eigenvalue weighted by Gasteiger charge is 2.21. The van der Waals surface area contributed by atoms with Crippen molar-refractivity contribution in [2.24, 2.45) is 0 Å². The molecule has 1 aliphatic rings. The van der Waals surface area contributed by atoms with Crippen molar-refractivity contribution < 1.29 is 9.47 Å². The Kier molecular flexibility index (Phi) is 3.81. The van der Waals surface area contributed by atoms with E-state index in [9.17, 15) is 0 Å². The molecule has 5 heteroatoms. The van der Waals surface area contributed by atoms with Gasteiger partial charge in [-0.2, -0.15) is 0 Å². The highest BCUT2D eigenvalue weighted by Crippen LogP contribution is 2.39. The maximum absolute atomic E-state index is 5.60. The maximum Gasteiger partial charge on any atom is 0.145 e. The summed E-state index contributed by atoms with van der Waals surface area (Å²) in [6.07, 6.45) is 0.847. The van der Waals surface area contributed by atoms with Crippen LogP contribution in [0.15, 0.2) is 16.6 Å².